The van der Waals surface area contributed by atoms with Crippen LogP contribution in [0.1, 0.15) is 15.4 Å². The molecule has 0 spiro atoms. The summed E-state index contributed by atoms with van der Waals surface area (Å²) in [4.78, 5) is 12.7. The summed E-state index contributed by atoms with van der Waals surface area (Å²) in [5.41, 5.74) is 0.533. The fraction of sp³-hybridized carbons (Fsp3) is 0. The van der Waals surface area contributed by atoms with Crippen molar-refractivity contribution in [1.29, 1.82) is 0 Å². The lowest BCUT2D eigenvalue weighted by Crippen LogP contribution is -1.95. The average Bonchev–Trinajstić information content (AvgIpc) is 2.95. The van der Waals surface area contributed by atoms with Crippen molar-refractivity contribution in [3.8, 4) is 0 Å². The van der Waals surface area contributed by atoms with Gasteiger partial charge in [0, 0.05) is 5.39 Å². The number of hydrogen-bond acceptors (Lipinski definition) is 3. The van der Waals surface area contributed by atoms with Gasteiger partial charge < -0.3 is 4.42 Å². The minimum atomic E-state index is -0.181. The molecular formula is C13H6Cl2O2S. The molecule has 0 bridgehead atoms. The molecule has 3 rings (SSSR count). The molecule has 0 N–H and O–H groups in total. The molecule has 0 aliphatic carbocycles. The Kier molecular flexibility index (Phi) is 2.90. The van der Waals surface area contributed by atoms with Crippen LogP contribution in [-0.4, -0.2) is 5.78 Å². The van der Waals surface area contributed by atoms with Gasteiger partial charge in [-0.25, -0.2) is 0 Å². The number of carbonyl (C=O) groups excluding carboxylic acids is 1. The number of ketones is 1. The van der Waals surface area contributed by atoms with E-state index in [1.165, 1.54) is 11.3 Å². The number of halogens is 2. The first-order valence-electron chi connectivity index (χ1n) is 5.13. The fourth-order valence-corrected chi connectivity index (χ4v) is 2.91. The number of para-hydroxylation sites is 1. The number of carbonyl (C=O) groups is 1. The Morgan fingerprint density at radius 1 is 1.17 bits per heavy atom. The summed E-state index contributed by atoms with van der Waals surface area (Å²) in [6.45, 7) is 0. The molecule has 0 saturated heterocycles. The monoisotopic (exact) mass is 296 g/mol. The van der Waals surface area contributed by atoms with Gasteiger partial charge in [-0.3, -0.25) is 4.79 Å². The highest BCUT2D eigenvalue weighted by Crippen LogP contribution is 2.29. The zero-order valence-electron chi connectivity index (χ0n) is 8.94. The topological polar surface area (TPSA) is 30.2 Å². The Labute approximate surface area is 117 Å². The minimum absolute atomic E-state index is 0.181. The zero-order valence-corrected chi connectivity index (χ0v) is 11.3. The molecule has 3 aromatic rings. The second kappa shape index (κ2) is 4.43. The molecule has 1 aromatic carbocycles. The summed E-state index contributed by atoms with van der Waals surface area (Å²) < 4.78 is 6.08. The number of hydrogen-bond donors (Lipinski definition) is 0. The smallest absolute Gasteiger partial charge is 0.238 e. The third-order valence-corrected chi connectivity index (χ3v) is 4.04. The SMILES string of the molecule is O=C(c1cc2cccc(Cl)c2o1)c1ccc(Cl)s1. The van der Waals surface area contributed by atoms with Crippen LogP contribution in [0.2, 0.25) is 9.36 Å². The van der Waals surface area contributed by atoms with Crippen LogP contribution >= 0.6 is 34.5 Å². The quantitative estimate of drug-likeness (QED) is 0.621. The van der Waals surface area contributed by atoms with Gasteiger partial charge in [0.2, 0.25) is 5.78 Å². The largest absolute Gasteiger partial charge is 0.451 e. The van der Waals surface area contributed by atoms with E-state index in [1.54, 1.807) is 24.3 Å². The molecule has 18 heavy (non-hydrogen) atoms. The predicted octanol–water partition coefficient (Wildman–Crippen LogP) is 5.03. The molecule has 0 amide bonds. The van der Waals surface area contributed by atoms with E-state index < -0.39 is 0 Å². The van der Waals surface area contributed by atoms with Gasteiger partial charge in [-0.05, 0) is 24.3 Å². The van der Waals surface area contributed by atoms with Crippen LogP contribution in [0.4, 0.5) is 0 Å². The van der Waals surface area contributed by atoms with E-state index in [0.29, 0.717) is 19.8 Å². The van der Waals surface area contributed by atoms with Gasteiger partial charge in [-0.15, -0.1) is 11.3 Å². The highest BCUT2D eigenvalue weighted by atomic mass is 35.5. The minimum Gasteiger partial charge on any atom is -0.451 e. The maximum Gasteiger partial charge on any atom is 0.238 e. The van der Waals surface area contributed by atoms with Crippen molar-refractivity contribution in [2.75, 3.05) is 0 Å². The Balaban J connectivity index is 2.10. The highest BCUT2D eigenvalue weighted by Gasteiger charge is 2.17. The molecule has 0 aliphatic heterocycles. The van der Waals surface area contributed by atoms with E-state index in [9.17, 15) is 4.79 Å². The van der Waals surface area contributed by atoms with Gasteiger partial charge in [-0.1, -0.05) is 35.3 Å². The first-order chi connectivity index (χ1) is 8.65. The summed E-state index contributed by atoms with van der Waals surface area (Å²) in [6, 6.07) is 10.5. The first kappa shape index (κ1) is 11.8. The second-order valence-electron chi connectivity index (χ2n) is 3.70. The number of fused-ring (bicyclic) bond motifs is 1. The molecular weight excluding hydrogens is 291 g/mol. The molecule has 0 radical (unpaired) electrons. The molecule has 0 saturated carbocycles. The van der Waals surface area contributed by atoms with E-state index >= 15 is 0 Å². The Hall–Kier alpha value is -1.29. The average molecular weight is 297 g/mol. The van der Waals surface area contributed by atoms with Crippen LogP contribution in [0.15, 0.2) is 40.8 Å². The van der Waals surface area contributed by atoms with Gasteiger partial charge in [0.15, 0.2) is 11.3 Å². The van der Waals surface area contributed by atoms with E-state index in [4.69, 9.17) is 27.6 Å². The van der Waals surface area contributed by atoms with E-state index in [0.717, 1.165) is 5.39 Å². The van der Waals surface area contributed by atoms with Crippen LogP contribution < -0.4 is 0 Å². The summed E-state index contributed by atoms with van der Waals surface area (Å²) in [5.74, 6) is 0.0933. The molecule has 2 nitrogen and oxygen atoms in total. The van der Waals surface area contributed by atoms with E-state index in [2.05, 4.69) is 0 Å². The lowest BCUT2D eigenvalue weighted by atomic mass is 10.2. The van der Waals surface area contributed by atoms with Crippen LogP contribution in [-0.2, 0) is 0 Å². The standard InChI is InChI=1S/C13H6Cl2O2S/c14-8-3-1-2-7-6-9(17-13(7)8)12(16)10-4-5-11(15)18-10/h1-6H. The Morgan fingerprint density at radius 2 is 2.00 bits per heavy atom. The highest BCUT2D eigenvalue weighted by molar-refractivity contribution is 7.18. The van der Waals surface area contributed by atoms with Crippen LogP contribution in [0, 0.1) is 0 Å². The fourth-order valence-electron chi connectivity index (χ4n) is 1.70. The van der Waals surface area contributed by atoms with Crippen molar-refractivity contribution in [3.05, 3.63) is 56.4 Å². The lowest BCUT2D eigenvalue weighted by Gasteiger charge is -1.91. The molecule has 90 valence electrons. The summed E-state index contributed by atoms with van der Waals surface area (Å²) in [6.07, 6.45) is 0. The number of rotatable bonds is 2. The van der Waals surface area contributed by atoms with Gasteiger partial charge in [-0.2, -0.15) is 0 Å². The molecule has 0 aliphatic rings. The van der Waals surface area contributed by atoms with E-state index in [1.807, 2.05) is 12.1 Å². The predicted molar refractivity (Wildman–Crippen MR) is 74.0 cm³/mol. The van der Waals surface area contributed by atoms with Crippen molar-refractivity contribution >= 4 is 51.3 Å². The normalized spacial score (nSPS) is 11.0. The van der Waals surface area contributed by atoms with Crippen molar-refractivity contribution in [2.45, 2.75) is 0 Å². The van der Waals surface area contributed by atoms with Crippen LogP contribution in [0.3, 0.4) is 0 Å². The summed E-state index contributed by atoms with van der Waals surface area (Å²) in [5, 5.41) is 1.31. The Morgan fingerprint density at radius 3 is 2.67 bits per heavy atom. The molecule has 0 unspecified atom stereocenters. The maximum atomic E-state index is 12.2. The van der Waals surface area contributed by atoms with Crippen LogP contribution in [0.5, 0.6) is 0 Å². The zero-order chi connectivity index (χ0) is 12.7. The summed E-state index contributed by atoms with van der Waals surface area (Å²) in [7, 11) is 0. The third-order valence-electron chi connectivity index (χ3n) is 2.52. The molecule has 5 heteroatoms. The van der Waals surface area contributed by atoms with Crippen molar-refractivity contribution < 1.29 is 9.21 Å². The van der Waals surface area contributed by atoms with E-state index in [-0.39, 0.29) is 11.5 Å². The van der Waals surface area contributed by atoms with Gasteiger partial charge in [0.1, 0.15) is 0 Å². The van der Waals surface area contributed by atoms with Gasteiger partial charge in [0.05, 0.1) is 14.2 Å². The molecule has 2 aromatic heterocycles. The van der Waals surface area contributed by atoms with Gasteiger partial charge in [0.25, 0.3) is 0 Å². The third kappa shape index (κ3) is 1.94. The second-order valence-corrected chi connectivity index (χ2v) is 5.82. The van der Waals surface area contributed by atoms with Crippen molar-refractivity contribution in [1.82, 2.24) is 0 Å². The van der Waals surface area contributed by atoms with Crippen molar-refractivity contribution in [2.24, 2.45) is 0 Å². The summed E-state index contributed by atoms with van der Waals surface area (Å²) >= 11 is 13.0. The van der Waals surface area contributed by atoms with Crippen molar-refractivity contribution in [3.63, 3.8) is 0 Å². The first-order valence-corrected chi connectivity index (χ1v) is 6.70. The number of thiophene rings is 1. The Bertz CT molecular complexity index is 742. The lowest BCUT2D eigenvalue weighted by molar-refractivity contribution is 0.101. The molecule has 2 heterocycles. The molecule has 0 atom stereocenters. The number of furan rings is 1. The number of benzene rings is 1. The van der Waals surface area contributed by atoms with Gasteiger partial charge >= 0.3 is 0 Å². The maximum absolute atomic E-state index is 12.2. The molecule has 0 fully saturated rings. The van der Waals surface area contributed by atoms with Crippen LogP contribution in [0.25, 0.3) is 11.0 Å².